The molecule has 0 aliphatic heterocycles. The Balaban J connectivity index is 1.32. The van der Waals surface area contributed by atoms with E-state index in [1.807, 2.05) is 0 Å². The molecule has 0 aromatic carbocycles. The Hall–Kier alpha value is -1.68. The smallest absolute Gasteiger partial charge is 0.339 e. The lowest BCUT2D eigenvalue weighted by Gasteiger charge is -2.73. The highest BCUT2D eigenvalue weighted by Gasteiger charge is 2.71. The van der Waals surface area contributed by atoms with E-state index in [0.717, 1.165) is 25.7 Å². The Morgan fingerprint density at radius 3 is 2.45 bits per heavy atom. The van der Waals surface area contributed by atoms with Gasteiger partial charge in [0.25, 0.3) is 0 Å². The maximum Gasteiger partial charge on any atom is 0.339 e. The second-order valence-corrected chi connectivity index (χ2v) is 16.2. The summed E-state index contributed by atoms with van der Waals surface area (Å²) in [6.07, 6.45) is 15.0. The number of aliphatic hydroxyl groups is 1. The fraction of sp³-hybridized carbons (Fsp3) is 0.778. The maximum absolute atomic E-state index is 13.0. The zero-order valence-corrected chi connectivity index (χ0v) is 26.0. The monoisotopic (exact) mass is 547 g/mol. The highest BCUT2D eigenvalue weighted by Crippen LogP contribution is 2.77. The fourth-order valence-electron chi connectivity index (χ4n) is 12.3. The SMILES string of the molecule is C=C(C)[C@@H]1CC[C@]2(COC(=O)c3cccnc3)CC[C@]3(C)[C@H](CC[C@@H]4[C@@]5(C)CC[C@H](O)C(C)(C)[C@@H]5CC[C@]43C)[C@@H]12. The van der Waals surface area contributed by atoms with Gasteiger partial charge in [-0.1, -0.05) is 46.8 Å². The summed E-state index contributed by atoms with van der Waals surface area (Å²) in [5.74, 6) is 2.72. The van der Waals surface area contributed by atoms with Crippen LogP contribution in [0.5, 0.6) is 0 Å². The minimum absolute atomic E-state index is 0.0115. The third-order valence-electron chi connectivity index (χ3n) is 14.6. The van der Waals surface area contributed by atoms with Gasteiger partial charge in [-0.2, -0.15) is 0 Å². The van der Waals surface area contributed by atoms with Crippen molar-refractivity contribution in [2.75, 3.05) is 6.61 Å². The summed E-state index contributed by atoms with van der Waals surface area (Å²) in [6.45, 7) is 19.9. The van der Waals surface area contributed by atoms with Crippen molar-refractivity contribution >= 4 is 5.97 Å². The number of hydrogen-bond acceptors (Lipinski definition) is 4. The van der Waals surface area contributed by atoms with Gasteiger partial charge in [-0.3, -0.25) is 4.98 Å². The van der Waals surface area contributed by atoms with Crippen molar-refractivity contribution in [3.8, 4) is 0 Å². The van der Waals surface area contributed by atoms with E-state index in [-0.39, 0.29) is 28.3 Å². The number of hydrogen-bond donors (Lipinski definition) is 1. The van der Waals surface area contributed by atoms with Gasteiger partial charge in [-0.25, -0.2) is 4.79 Å². The lowest BCUT2D eigenvalue weighted by molar-refractivity contribution is -0.249. The van der Waals surface area contributed by atoms with Crippen molar-refractivity contribution in [1.29, 1.82) is 0 Å². The maximum atomic E-state index is 13.0. The fourth-order valence-corrected chi connectivity index (χ4v) is 12.3. The van der Waals surface area contributed by atoms with Gasteiger partial charge >= 0.3 is 5.97 Å². The summed E-state index contributed by atoms with van der Waals surface area (Å²) < 4.78 is 6.13. The lowest BCUT2D eigenvalue weighted by atomic mass is 9.32. The number of esters is 1. The quantitative estimate of drug-likeness (QED) is 0.304. The molecule has 1 aromatic heterocycles. The van der Waals surface area contributed by atoms with Crippen LogP contribution in [0.2, 0.25) is 0 Å². The molecule has 40 heavy (non-hydrogen) atoms. The number of rotatable bonds is 4. The second-order valence-electron chi connectivity index (χ2n) is 16.2. The second kappa shape index (κ2) is 9.41. The molecular formula is C36H53NO3. The molecule has 5 fully saturated rings. The molecule has 10 atom stereocenters. The Kier molecular flexibility index (Phi) is 6.69. The first-order chi connectivity index (χ1) is 18.8. The van der Waals surface area contributed by atoms with E-state index >= 15 is 0 Å². The highest BCUT2D eigenvalue weighted by atomic mass is 16.5. The average Bonchev–Trinajstić information content (AvgIpc) is 3.31. The summed E-state index contributed by atoms with van der Waals surface area (Å²) in [6, 6.07) is 3.61. The van der Waals surface area contributed by atoms with Crippen molar-refractivity contribution in [3.63, 3.8) is 0 Å². The van der Waals surface area contributed by atoms with Crippen LogP contribution in [0.15, 0.2) is 36.7 Å². The molecule has 0 saturated heterocycles. The van der Waals surface area contributed by atoms with E-state index in [1.165, 1.54) is 44.1 Å². The van der Waals surface area contributed by atoms with E-state index in [2.05, 4.69) is 53.1 Å². The highest BCUT2D eigenvalue weighted by molar-refractivity contribution is 5.88. The Bertz CT molecular complexity index is 1160. The van der Waals surface area contributed by atoms with E-state index in [1.54, 1.807) is 24.5 Å². The number of allylic oxidation sites excluding steroid dienone is 1. The predicted molar refractivity (Wildman–Crippen MR) is 159 cm³/mol. The number of carbonyl (C=O) groups is 1. The minimum Gasteiger partial charge on any atom is -0.461 e. The summed E-state index contributed by atoms with van der Waals surface area (Å²) in [7, 11) is 0. The van der Waals surface area contributed by atoms with Crippen molar-refractivity contribution in [2.45, 2.75) is 112 Å². The van der Waals surface area contributed by atoms with Gasteiger partial charge in [0.1, 0.15) is 0 Å². The molecule has 0 spiro atoms. The van der Waals surface area contributed by atoms with E-state index in [0.29, 0.717) is 52.6 Å². The number of aliphatic hydroxyl groups excluding tert-OH is 1. The molecule has 4 heteroatoms. The van der Waals surface area contributed by atoms with Gasteiger partial charge in [-0.15, -0.1) is 0 Å². The molecule has 5 aliphatic carbocycles. The third-order valence-corrected chi connectivity index (χ3v) is 14.6. The Morgan fingerprint density at radius 2 is 1.75 bits per heavy atom. The van der Waals surface area contributed by atoms with Gasteiger partial charge in [0, 0.05) is 17.8 Å². The van der Waals surface area contributed by atoms with Crippen LogP contribution in [0, 0.1) is 56.7 Å². The number of carbonyl (C=O) groups excluding carboxylic acids is 1. The molecule has 1 aromatic rings. The molecule has 6 rings (SSSR count). The minimum atomic E-state index is -0.239. The summed E-state index contributed by atoms with van der Waals surface area (Å²) in [5, 5.41) is 11.0. The molecule has 5 aliphatic rings. The van der Waals surface area contributed by atoms with Crippen molar-refractivity contribution in [2.24, 2.45) is 56.7 Å². The van der Waals surface area contributed by atoms with Crippen molar-refractivity contribution < 1.29 is 14.6 Å². The molecule has 0 bridgehead atoms. The molecular weight excluding hydrogens is 494 g/mol. The number of nitrogens with zero attached hydrogens (tertiary/aromatic N) is 1. The van der Waals surface area contributed by atoms with Crippen molar-refractivity contribution in [1.82, 2.24) is 4.98 Å². The number of pyridine rings is 1. The van der Waals surface area contributed by atoms with E-state index in [9.17, 15) is 9.90 Å². The van der Waals surface area contributed by atoms with Gasteiger partial charge in [0.05, 0.1) is 18.3 Å². The van der Waals surface area contributed by atoms with Crippen LogP contribution in [-0.4, -0.2) is 28.8 Å². The number of ether oxygens (including phenoxy) is 1. The molecule has 0 unspecified atom stereocenters. The van der Waals surface area contributed by atoms with Crippen LogP contribution < -0.4 is 0 Å². The van der Waals surface area contributed by atoms with E-state index in [4.69, 9.17) is 4.74 Å². The predicted octanol–water partition coefficient (Wildman–Crippen LogP) is 8.26. The Labute approximate surface area is 242 Å². The number of fused-ring (bicyclic) bond motifs is 7. The first-order valence-corrected chi connectivity index (χ1v) is 16.2. The standard InChI is InChI=1S/C36H53NO3/c1-23(2)25-12-17-36(22-40-31(39)24-9-8-20-37-21-24)19-18-34(6)26(30(25)36)10-11-28-33(5)15-14-29(38)32(3,4)27(33)13-16-35(28,34)7/h8-9,20-21,25-30,38H,1,10-19,22H2,2-7H3/t25-,26+,27-,28+,29-,30+,33-,34+,35+,36+/m0/s1. The molecule has 5 saturated carbocycles. The summed E-state index contributed by atoms with van der Waals surface area (Å²) in [4.78, 5) is 17.2. The first-order valence-electron chi connectivity index (χ1n) is 16.2. The molecule has 4 nitrogen and oxygen atoms in total. The Morgan fingerprint density at radius 1 is 0.975 bits per heavy atom. The van der Waals surface area contributed by atoms with Crippen LogP contribution in [0.25, 0.3) is 0 Å². The summed E-state index contributed by atoms with van der Waals surface area (Å²) in [5.41, 5.74) is 2.75. The van der Waals surface area contributed by atoms with Gasteiger partial charge < -0.3 is 9.84 Å². The molecule has 0 amide bonds. The molecule has 220 valence electrons. The molecule has 1 heterocycles. The third kappa shape index (κ3) is 3.79. The zero-order chi connectivity index (χ0) is 28.7. The zero-order valence-electron chi connectivity index (χ0n) is 26.0. The van der Waals surface area contributed by atoms with Crippen LogP contribution in [0.4, 0.5) is 0 Å². The van der Waals surface area contributed by atoms with E-state index < -0.39 is 0 Å². The van der Waals surface area contributed by atoms with Gasteiger partial charge in [-0.05, 0) is 135 Å². The average molecular weight is 548 g/mol. The summed E-state index contributed by atoms with van der Waals surface area (Å²) >= 11 is 0. The van der Waals surface area contributed by atoms with Crippen molar-refractivity contribution in [3.05, 3.63) is 42.2 Å². The normalized spacial score (nSPS) is 47.3. The molecule has 0 radical (unpaired) electrons. The van der Waals surface area contributed by atoms with Crippen LogP contribution in [0.3, 0.4) is 0 Å². The lowest BCUT2D eigenvalue weighted by Crippen LogP contribution is -2.66. The van der Waals surface area contributed by atoms with Gasteiger partial charge in [0.2, 0.25) is 0 Å². The van der Waals surface area contributed by atoms with Crippen LogP contribution >= 0.6 is 0 Å². The largest absolute Gasteiger partial charge is 0.461 e. The molecule has 1 N–H and O–H groups in total. The first kappa shape index (κ1) is 28.4. The topological polar surface area (TPSA) is 59.4 Å². The van der Waals surface area contributed by atoms with Gasteiger partial charge in [0.15, 0.2) is 0 Å². The number of aromatic nitrogens is 1. The van der Waals surface area contributed by atoms with Crippen LogP contribution in [0.1, 0.15) is 116 Å². The van der Waals surface area contributed by atoms with Crippen LogP contribution in [-0.2, 0) is 4.74 Å².